The van der Waals surface area contributed by atoms with E-state index in [4.69, 9.17) is 4.74 Å². The first-order valence-corrected chi connectivity index (χ1v) is 4.38. The average Bonchev–Trinajstić information content (AvgIpc) is 2.53. The maximum absolute atomic E-state index is 9.47. The third-order valence-corrected chi connectivity index (χ3v) is 3.41. The molecule has 0 aromatic heterocycles. The highest BCUT2D eigenvalue weighted by molar-refractivity contribution is 5.15. The van der Waals surface area contributed by atoms with Crippen LogP contribution in [-0.2, 0) is 4.74 Å². The Hall–Kier alpha value is -0.340. The molecule has 5 atom stereocenters. The minimum atomic E-state index is -0.472. The van der Waals surface area contributed by atoms with Gasteiger partial charge in [0, 0.05) is 11.8 Å². The van der Waals surface area contributed by atoms with Gasteiger partial charge in [-0.1, -0.05) is 12.2 Å². The summed E-state index contributed by atoms with van der Waals surface area (Å²) in [5.41, 5.74) is 0. The quantitative estimate of drug-likeness (QED) is 0.523. The predicted octanol–water partition coefficient (Wildman–Crippen LogP) is 0.916. The van der Waals surface area contributed by atoms with Gasteiger partial charge in [0.15, 0.2) is 6.29 Å². The normalized spacial score (nSPS) is 58.8. The van der Waals surface area contributed by atoms with Crippen LogP contribution >= 0.6 is 0 Å². The van der Waals surface area contributed by atoms with Gasteiger partial charge >= 0.3 is 0 Å². The fourth-order valence-corrected chi connectivity index (χ4v) is 2.91. The maximum atomic E-state index is 9.47. The molecule has 60 valence electrons. The molecule has 0 aromatic carbocycles. The van der Waals surface area contributed by atoms with Crippen LogP contribution in [-0.4, -0.2) is 17.5 Å². The van der Waals surface area contributed by atoms with E-state index in [1.165, 1.54) is 6.42 Å². The summed E-state index contributed by atoms with van der Waals surface area (Å²) in [5.74, 6) is 1.76. The second-order valence-electron chi connectivity index (χ2n) is 3.86. The van der Waals surface area contributed by atoms with Crippen molar-refractivity contribution in [3.63, 3.8) is 0 Å². The summed E-state index contributed by atoms with van der Waals surface area (Å²) in [4.78, 5) is 0. The molecule has 1 N–H and O–H groups in total. The van der Waals surface area contributed by atoms with Crippen LogP contribution in [0.4, 0.5) is 0 Å². The molecule has 2 fully saturated rings. The Morgan fingerprint density at radius 3 is 3.09 bits per heavy atom. The lowest BCUT2D eigenvalue weighted by atomic mass is 9.92. The van der Waals surface area contributed by atoms with E-state index in [9.17, 15) is 5.11 Å². The number of hydrogen-bond donors (Lipinski definition) is 1. The summed E-state index contributed by atoms with van der Waals surface area (Å²) in [7, 11) is 0. The molecule has 2 nitrogen and oxygen atoms in total. The lowest BCUT2D eigenvalue weighted by Crippen LogP contribution is -2.16. The van der Waals surface area contributed by atoms with Crippen molar-refractivity contribution in [1.29, 1.82) is 0 Å². The van der Waals surface area contributed by atoms with Crippen LogP contribution in [0.25, 0.3) is 0 Å². The van der Waals surface area contributed by atoms with Crippen molar-refractivity contribution in [2.75, 3.05) is 0 Å². The minimum Gasteiger partial charge on any atom is -0.368 e. The number of allylic oxidation sites excluding steroid dienone is 1. The second kappa shape index (κ2) is 1.87. The third kappa shape index (κ3) is 0.644. The molecule has 1 saturated carbocycles. The first-order valence-electron chi connectivity index (χ1n) is 4.38. The van der Waals surface area contributed by atoms with Gasteiger partial charge in [-0.2, -0.15) is 0 Å². The number of aliphatic hydroxyl groups is 1. The topological polar surface area (TPSA) is 29.5 Å². The molecule has 2 heteroatoms. The number of aliphatic hydroxyl groups excluding tert-OH is 1. The Morgan fingerprint density at radius 2 is 2.18 bits per heavy atom. The van der Waals surface area contributed by atoms with E-state index in [-0.39, 0.29) is 6.10 Å². The van der Waals surface area contributed by atoms with Gasteiger partial charge in [-0.05, 0) is 18.8 Å². The van der Waals surface area contributed by atoms with Gasteiger partial charge in [0.05, 0.1) is 6.10 Å². The van der Waals surface area contributed by atoms with Crippen molar-refractivity contribution in [2.24, 2.45) is 17.8 Å². The van der Waals surface area contributed by atoms with Gasteiger partial charge in [-0.25, -0.2) is 0 Å². The highest BCUT2D eigenvalue weighted by Gasteiger charge is 2.51. The SMILES string of the molecule is O[C@H]1O[C@@H]2C=C[C@@H]3CC[C@H]1[C@@H]32. The third-order valence-electron chi connectivity index (χ3n) is 3.41. The van der Waals surface area contributed by atoms with Crippen LogP contribution in [0, 0.1) is 17.8 Å². The molecule has 11 heavy (non-hydrogen) atoms. The van der Waals surface area contributed by atoms with Gasteiger partial charge in [-0.15, -0.1) is 0 Å². The van der Waals surface area contributed by atoms with Crippen molar-refractivity contribution in [1.82, 2.24) is 0 Å². The number of ether oxygens (including phenoxy) is 1. The molecular formula is C9H12O2. The number of rotatable bonds is 0. The Bertz CT molecular complexity index is 212. The van der Waals surface area contributed by atoms with Gasteiger partial charge in [0.25, 0.3) is 0 Å². The second-order valence-corrected chi connectivity index (χ2v) is 3.86. The maximum Gasteiger partial charge on any atom is 0.158 e. The molecular weight excluding hydrogens is 140 g/mol. The van der Waals surface area contributed by atoms with Crippen molar-refractivity contribution < 1.29 is 9.84 Å². The Balaban J connectivity index is 1.98. The molecule has 0 aromatic rings. The first-order chi connectivity index (χ1) is 5.36. The average molecular weight is 152 g/mol. The molecule has 0 unspecified atom stereocenters. The predicted molar refractivity (Wildman–Crippen MR) is 39.7 cm³/mol. The van der Waals surface area contributed by atoms with E-state index >= 15 is 0 Å². The zero-order chi connectivity index (χ0) is 7.42. The van der Waals surface area contributed by atoms with Crippen molar-refractivity contribution in [2.45, 2.75) is 25.2 Å². The van der Waals surface area contributed by atoms with E-state index in [0.717, 1.165) is 6.42 Å². The van der Waals surface area contributed by atoms with Crippen LogP contribution in [0.5, 0.6) is 0 Å². The van der Waals surface area contributed by atoms with E-state index in [0.29, 0.717) is 17.8 Å². The highest BCUT2D eigenvalue weighted by atomic mass is 16.6. The van der Waals surface area contributed by atoms with Gasteiger partial charge in [-0.3, -0.25) is 0 Å². The fourth-order valence-electron chi connectivity index (χ4n) is 2.91. The Morgan fingerprint density at radius 1 is 1.27 bits per heavy atom. The van der Waals surface area contributed by atoms with Crippen molar-refractivity contribution in [3.05, 3.63) is 12.2 Å². The van der Waals surface area contributed by atoms with Crippen LogP contribution in [0.1, 0.15) is 12.8 Å². The monoisotopic (exact) mass is 152 g/mol. The van der Waals surface area contributed by atoms with Crippen molar-refractivity contribution in [3.8, 4) is 0 Å². The molecule has 0 radical (unpaired) electrons. The summed E-state index contributed by atoms with van der Waals surface area (Å²) in [5, 5.41) is 9.47. The van der Waals surface area contributed by atoms with Gasteiger partial charge in [0.1, 0.15) is 0 Å². The van der Waals surface area contributed by atoms with Crippen LogP contribution in [0.15, 0.2) is 12.2 Å². The minimum absolute atomic E-state index is 0.238. The van der Waals surface area contributed by atoms with Gasteiger partial charge < -0.3 is 9.84 Å². The number of hydrogen-bond acceptors (Lipinski definition) is 2. The van der Waals surface area contributed by atoms with E-state index in [1.54, 1.807) is 0 Å². The zero-order valence-corrected chi connectivity index (χ0v) is 6.31. The van der Waals surface area contributed by atoms with Crippen molar-refractivity contribution >= 4 is 0 Å². The Kier molecular flexibility index (Phi) is 1.06. The molecule has 0 spiro atoms. The molecule has 1 saturated heterocycles. The molecule has 1 heterocycles. The zero-order valence-electron chi connectivity index (χ0n) is 6.31. The lowest BCUT2D eigenvalue weighted by molar-refractivity contribution is -0.0985. The lowest BCUT2D eigenvalue weighted by Gasteiger charge is -2.10. The molecule has 0 amide bonds. The van der Waals surface area contributed by atoms with Crippen LogP contribution < -0.4 is 0 Å². The standard InChI is InChI=1S/C9H12O2/c10-9-6-3-1-5-2-4-7(11-9)8(5)6/h2,4-10H,1,3H2/t5-,6-,7+,8+,9-/m0/s1. The molecule has 2 aliphatic carbocycles. The molecule has 0 bridgehead atoms. The fraction of sp³-hybridized carbons (Fsp3) is 0.778. The summed E-state index contributed by atoms with van der Waals surface area (Å²) in [6, 6.07) is 0. The first kappa shape index (κ1) is 6.21. The molecule has 1 aliphatic heterocycles. The molecule has 3 aliphatic rings. The smallest absolute Gasteiger partial charge is 0.158 e. The van der Waals surface area contributed by atoms with E-state index in [1.807, 2.05) is 0 Å². The summed E-state index contributed by atoms with van der Waals surface area (Å²) < 4.78 is 5.39. The van der Waals surface area contributed by atoms with Crippen LogP contribution in [0.3, 0.4) is 0 Å². The summed E-state index contributed by atoms with van der Waals surface area (Å²) >= 11 is 0. The molecule has 3 rings (SSSR count). The van der Waals surface area contributed by atoms with E-state index in [2.05, 4.69) is 12.2 Å². The van der Waals surface area contributed by atoms with Crippen LogP contribution in [0.2, 0.25) is 0 Å². The summed E-state index contributed by atoms with van der Waals surface area (Å²) in [6.07, 6.45) is 6.56. The Labute approximate surface area is 65.9 Å². The largest absolute Gasteiger partial charge is 0.368 e. The summed E-state index contributed by atoms with van der Waals surface area (Å²) in [6.45, 7) is 0. The van der Waals surface area contributed by atoms with E-state index < -0.39 is 6.29 Å². The highest BCUT2D eigenvalue weighted by Crippen LogP contribution is 2.51. The van der Waals surface area contributed by atoms with Gasteiger partial charge in [0.2, 0.25) is 0 Å².